The summed E-state index contributed by atoms with van der Waals surface area (Å²) in [7, 11) is 0. The largest absolute Gasteiger partial charge is 0.480 e. The Labute approximate surface area is 203 Å². The molecule has 2 N–H and O–H groups in total. The summed E-state index contributed by atoms with van der Waals surface area (Å²) < 4.78 is 13.4. The molecule has 0 aliphatic rings. The number of aliphatic carboxylic acids is 1. The summed E-state index contributed by atoms with van der Waals surface area (Å²) in [6, 6.07) is 9.16. The van der Waals surface area contributed by atoms with E-state index >= 15 is 0 Å². The van der Waals surface area contributed by atoms with Gasteiger partial charge in [-0.15, -0.1) is 11.3 Å². The molecule has 0 saturated carbocycles. The average molecular weight is 500 g/mol. The van der Waals surface area contributed by atoms with Gasteiger partial charge in [0, 0.05) is 0 Å². The van der Waals surface area contributed by atoms with Crippen LogP contribution in [-0.2, 0) is 21.6 Å². The van der Waals surface area contributed by atoms with E-state index in [4.69, 9.17) is 9.15 Å². The number of benzene rings is 1. The van der Waals surface area contributed by atoms with Crippen molar-refractivity contribution < 1.29 is 24.2 Å². The van der Waals surface area contributed by atoms with E-state index in [1.54, 1.807) is 6.92 Å². The molecular weight excluding hydrogens is 474 g/mol. The molecular formula is C24H25N3O7S. The summed E-state index contributed by atoms with van der Waals surface area (Å²) in [5, 5.41) is 19.4. The zero-order valence-corrected chi connectivity index (χ0v) is 20.2. The second-order valence-corrected chi connectivity index (χ2v) is 9.46. The maximum atomic E-state index is 13.7. The molecule has 0 bridgehead atoms. The molecule has 3 aromatic heterocycles. The highest BCUT2D eigenvalue weighted by atomic mass is 32.1. The fourth-order valence-corrected chi connectivity index (χ4v) is 5.16. The number of carboxylic acid groups (broad SMARTS) is 1. The van der Waals surface area contributed by atoms with Gasteiger partial charge in [-0.25, -0.2) is 19.1 Å². The van der Waals surface area contributed by atoms with Gasteiger partial charge in [0.05, 0.1) is 36.2 Å². The number of aliphatic hydroxyl groups is 1. The number of fused-ring (bicyclic) bond motifs is 1. The van der Waals surface area contributed by atoms with E-state index in [0.29, 0.717) is 21.2 Å². The van der Waals surface area contributed by atoms with Crippen LogP contribution in [0.25, 0.3) is 21.0 Å². The Kier molecular flexibility index (Phi) is 6.75. The standard InChI is InChI=1S/C24H25N3O7S/c1-14-17-20(29)27(24(2,3)22(30)31)23(32)26(21(17)35-18(14)19-25-9-11-34-19)13-16(33-12-10-28)15-7-5-4-6-8-15/h4-9,11,16,28H,10,12-13H2,1-3H3,(H,30,31)/t16-/m0/s1. The summed E-state index contributed by atoms with van der Waals surface area (Å²) in [5.74, 6) is -1.03. The zero-order chi connectivity index (χ0) is 25.3. The van der Waals surface area contributed by atoms with Crippen LogP contribution in [-0.4, -0.2) is 43.5 Å². The molecule has 10 nitrogen and oxygen atoms in total. The van der Waals surface area contributed by atoms with Crippen LogP contribution in [0.3, 0.4) is 0 Å². The number of oxazole rings is 1. The molecule has 3 heterocycles. The number of ether oxygens (including phenoxy) is 1. The number of aliphatic hydroxyl groups excluding tert-OH is 1. The maximum absolute atomic E-state index is 13.7. The van der Waals surface area contributed by atoms with E-state index in [-0.39, 0.29) is 25.1 Å². The zero-order valence-electron chi connectivity index (χ0n) is 19.4. The Morgan fingerprint density at radius 1 is 1.26 bits per heavy atom. The van der Waals surface area contributed by atoms with Crippen molar-refractivity contribution in [3.05, 3.63) is 74.8 Å². The second-order valence-electron chi connectivity index (χ2n) is 8.47. The normalized spacial score (nSPS) is 12.8. The van der Waals surface area contributed by atoms with Gasteiger partial charge in [0.2, 0.25) is 5.89 Å². The van der Waals surface area contributed by atoms with E-state index in [2.05, 4.69) is 4.98 Å². The highest BCUT2D eigenvalue weighted by molar-refractivity contribution is 7.22. The topological polar surface area (TPSA) is 137 Å². The molecule has 4 rings (SSSR count). The lowest BCUT2D eigenvalue weighted by atomic mass is 10.1. The molecule has 4 aromatic rings. The first-order valence-electron chi connectivity index (χ1n) is 10.9. The molecule has 0 unspecified atom stereocenters. The number of aryl methyl sites for hydroxylation is 1. The van der Waals surface area contributed by atoms with Crippen molar-refractivity contribution in [1.82, 2.24) is 14.1 Å². The van der Waals surface area contributed by atoms with Crippen LogP contribution in [0.2, 0.25) is 0 Å². The predicted octanol–water partition coefficient (Wildman–Crippen LogP) is 2.76. The Bertz CT molecular complexity index is 1470. The Morgan fingerprint density at radius 2 is 1.97 bits per heavy atom. The van der Waals surface area contributed by atoms with Gasteiger partial charge in [-0.1, -0.05) is 30.3 Å². The van der Waals surface area contributed by atoms with E-state index in [1.165, 1.54) is 42.2 Å². The van der Waals surface area contributed by atoms with Crippen molar-refractivity contribution in [3.63, 3.8) is 0 Å². The summed E-state index contributed by atoms with van der Waals surface area (Å²) in [5.41, 5.74) is -1.99. The number of rotatable bonds is 9. The van der Waals surface area contributed by atoms with Crippen molar-refractivity contribution in [3.8, 4) is 10.8 Å². The first-order chi connectivity index (χ1) is 16.7. The SMILES string of the molecule is Cc1c(-c2ncco2)sc2c1c(=O)n(C(C)(C)C(=O)O)c(=O)n2C[C@H](OCCO)c1ccccc1. The van der Waals surface area contributed by atoms with Gasteiger partial charge >= 0.3 is 11.7 Å². The number of hydrogen-bond donors (Lipinski definition) is 2. The van der Waals surface area contributed by atoms with Crippen LogP contribution in [0.5, 0.6) is 0 Å². The monoisotopic (exact) mass is 499 g/mol. The average Bonchev–Trinajstić information content (AvgIpc) is 3.47. The highest BCUT2D eigenvalue weighted by Gasteiger charge is 2.36. The number of thiophene rings is 1. The van der Waals surface area contributed by atoms with Gasteiger partial charge in [-0.05, 0) is 31.9 Å². The van der Waals surface area contributed by atoms with Gasteiger partial charge in [-0.3, -0.25) is 9.36 Å². The number of hydrogen-bond acceptors (Lipinski definition) is 8. The fraction of sp³-hybridized carbons (Fsp3) is 0.333. The smallest absolute Gasteiger partial charge is 0.333 e. The van der Waals surface area contributed by atoms with E-state index in [1.807, 2.05) is 30.3 Å². The van der Waals surface area contributed by atoms with Crippen molar-refractivity contribution in [1.29, 1.82) is 0 Å². The van der Waals surface area contributed by atoms with E-state index < -0.39 is 28.9 Å². The summed E-state index contributed by atoms with van der Waals surface area (Å²) in [6.07, 6.45) is 2.24. The van der Waals surface area contributed by atoms with Crippen LogP contribution in [0, 0.1) is 6.92 Å². The Balaban J connectivity index is 2.03. The van der Waals surface area contributed by atoms with Crippen molar-refractivity contribution >= 4 is 27.5 Å². The summed E-state index contributed by atoms with van der Waals surface area (Å²) >= 11 is 1.17. The minimum atomic E-state index is -1.81. The summed E-state index contributed by atoms with van der Waals surface area (Å²) in [4.78, 5) is 44.4. The molecule has 1 aromatic carbocycles. The molecule has 0 amide bonds. The quantitative estimate of drug-likeness (QED) is 0.359. The number of aromatic nitrogens is 3. The third kappa shape index (κ3) is 4.33. The van der Waals surface area contributed by atoms with Crippen LogP contribution >= 0.6 is 11.3 Å². The molecule has 11 heteroatoms. The number of nitrogens with zero attached hydrogens (tertiary/aromatic N) is 3. The molecule has 1 atom stereocenters. The molecule has 0 saturated heterocycles. The highest BCUT2D eigenvalue weighted by Crippen LogP contribution is 2.36. The Hall–Kier alpha value is -3.54. The first kappa shape index (κ1) is 24.6. The number of carbonyl (C=O) groups is 1. The lowest BCUT2D eigenvalue weighted by Crippen LogP contribution is -2.52. The van der Waals surface area contributed by atoms with Crippen molar-refractivity contribution in [2.24, 2.45) is 0 Å². The van der Waals surface area contributed by atoms with E-state index in [0.717, 1.165) is 10.1 Å². The predicted molar refractivity (Wildman–Crippen MR) is 130 cm³/mol. The molecule has 0 aliphatic carbocycles. The summed E-state index contributed by atoms with van der Waals surface area (Å²) in [6.45, 7) is 4.13. The van der Waals surface area contributed by atoms with Crippen LogP contribution in [0.4, 0.5) is 0 Å². The molecule has 0 aliphatic heterocycles. The van der Waals surface area contributed by atoms with Gasteiger partial charge in [-0.2, -0.15) is 0 Å². The minimum Gasteiger partial charge on any atom is -0.480 e. The molecule has 184 valence electrons. The molecule has 0 radical (unpaired) electrons. The maximum Gasteiger partial charge on any atom is 0.333 e. The third-order valence-corrected chi connectivity index (χ3v) is 7.15. The van der Waals surface area contributed by atoms with Crippen molar-refractivity contribution in [2.75, 3.05) is 13.2 Å². The van der Waals surface area contributed by atoms with Gasteiger partial charge in [0.15, 0.2) is 0 Å². The van der Waals surface area contributed by atoms with E-state index in [9.17, 15) is 24.6 Å². The first-order valence-corrected chi connectivity index (χ1v) is 11.7. The van der Waals surface area contributed by atoms with Crippen LogP contribution in [0.1, 0.15) is 31.1 Å². The molecule has 35 heavy (non-hydrogen) atoms. The van der Waals surface area contributed by atoms with Gasteiger partial charge < -0.3 is 19.4 Å². The van der Waals surface area contributed by atoms with Crippen LogP contribution in [0.15, 0.2) is 56.8 Å². The van der Waals surface area contributed by atoms with Crippen LogP contribution < -0.4 is 11.2 Å². The van der Waals surface area contributed by atoms with Gasteiger partial charge in [0.25, 0.3) is 5.56 Å². The Morgan fingerprint density at radius 3 is 2.57 bits per heavy atom. The fourth-order valence-electron chi connectivity index (χ4n) is 3.92. The molecule has 0 spiro atoms. The van der Waals surface area contributed by atoms with Crippen molar-refractivity contribution in [2.45, 2.75) is 39.0 Å². The lowest BCUT2D eigenvalue weighted by molar-refractivity contribution is -0.146. The lowest BCUT2D eigenvalue weighted by Gasteiger charge is -2.25. The number of carboxylic acids is 1. The third-order valence-electron chi connectivity index (χ3n) is 5.85. The second kappa shape index (κ2) is 9.61. The molecule has 0 fully saturated rings. The van der Waals surface area contributed by atoms with Gasteiger partial charge in [0.1, 0.15) is 22.7 Å². The minimum absolute atomic E-state index is 0.0136.